The Labute approximate surface area is 206 Å². The van der Waals surface area contributed by atoms with E-state index in [1.165, 1.54) is 11.8 Å². The third kappa shape index (κ3) is 6.93. The maximum Gasteiger partial charge on any atom is 0.234 e. The van der Waals surface area contributed by atoms with Crippen LogP contribution in [0.4, 0.5) is 5.69 Å². The summed E-state index contributed by atoms with van der Waals surface area (Å²) in [5.41, 5.74) is 0.543. The molecule has 0 fully saturated rings. The van der Waals surface area contributed by atoms with Gasteiger partial charge in [-0.15, -0.1) is 10.2 Å². The molecule has 3 aromatic rings. The number of benzene rings is 2. The lowest BCUT2D eigenvalue weighted by Gasteiger charge is -2.11. The summed E-state index contributed by atoms with van der Waals surface area (Å²) in [7, 11) is 4.98. The number of ether oxygens (including phenoxy) is 3. The van der Waals surface area contributed by atoms with Crippen LogP contribution in [0.25, 0.3) is 0 Å². The molecular formula is C22H24Cl2N4O4S. The molecule has 2 aromatic carbocycles. The zero-order chi connectivity index (χ0) is 23.8. The van der Waals surface area contributed by atoms with E-state index in [1.807, 2.05) is 11.6 Å². The number of nitrogens with zero attached hydrogens (tertiary/aromatic N) is 3. The van der Waals surface area contributed by atoms with E-state index < -0.39 is 0 Å². The number of hydrogen-bond donors (Lipinski definition) is 1. The van der Waals surface area contributed by atoms with Crippen LogP contribution in [0.2, 0.25) is 10.0 Å². The fourth-order valence-corrected chi connectivity index (χ4v) is 4.11. The molecule has 1 amide bonds. The number of rotatable bonds is 11. The SMILES string of the molecule is COc1ccc(OC)c(NC(=O)CSc2nnc(CCCOc3ccc(Cl)cc3Cl)n2C)c1. The van der Waals surface area contributed by atoms with Crippen molar-refractivity contribution in [1.29, 1.82) is 0 Å². The molecule has 0 spiro atoms. The zero-order valence-electron chi connectivity index (χ0n) is 18.4. The maximum atomic E-state index is 12.4. The van der Waals surface area contributed by atoms with Crippen LogP contribution in [0, 0.1) is 0 Å². The molecule has 0 aliphatic heterocycles. The van der Waals surface area contributed by atoms with E-state index in [2.05, 4.69) is 15.5 Å². The van der Waals surface area contributed by atoms with Crippen LogP contribution >= 0.6 is 35.0 Å². The number of anilines is 1. The number of aryl methyl sites for hydroxylation is 1. The lowest BCUT2D eigenvalue weighted by molar-refractivity contribution is -0.113. The van der Waals surface area contributed by atoms with Gasteiger partial charge in [-0.05, 0) is 36.8 Å². The van der Waals surface area contributed by atoms with Crippen molar-refractivity contribution in [2.24, 2.45) is 7.05 Å². The Morgan fingerprint density at radius 2 is 1.88 bits per heavy atom. The van der Waals surface area contributed by atoms with Gasteiger partial charge in [-0.2, -0.15) is 0 Å². The zero-order valence-corrected chi connectivity index (χ0v) is 20.8. The lowest BCUT2D eigenvalue weighted by atomic mass is 10.2. The van der Waals surface area contributed by atoms with Crippen molar-refractivity contribution in [2.75, 3.05) is 31.9 Å². The number of nitrogens with one attached hydrogen (secondary N) is 1. The normalized spacial score (nSPS) is 10.7. The summed E-state index contributed by atoms with van der Waals surface area (Å²) < 4.78 is 18.1. The number of halogens is 2. The predicted molar refractivity (Wildman–Crippen MR) is 130 cm³/mol. The van der Waals surface area contributed by atoms with E-state index >= 15 is 0 Å². The van der Waals surface area contributed by atoms with Crippen molar-refractivity contribution >= 4 is 46.6 Å². The summed E-state index contributed by atoms with van der Waals surface area (Å²) in [5, 5.41) is 12.9. The molecule has 0 aliphatic rings. The van der Waals surface area contributed by atoms with Gasteiger partial charge in [0.05, 0.1) is 37.3 Å². The Balaban J connectivity index is 1.48. The van der Waals surface area contributed by atoms with Crippen molar-refractivity contribution in [3.8, 4) is 17.2 Å². The molecule has 3 rings (SSSR count). The summed E-state index contributed by atoms with van der Waals surface area (Å²) in [6.07, 6.45) is 1.40. The Kier molecular flexibility index (Phi) is 9.11. The van der Waals surface area contributed by atoms with Crippen LogP contribution in [0.5, 0.6) is 17.2 Å². The minimum Gasteiger partial charge on any atom is -0.497 e. The number of carbonyl (C=O) groups is 1. The lowest BCUT2D eigenvalue weighted by Crippen LogP contribution is -2.15. The van der Waals surface area contributed by atoms with Crippen LogP contribution in [0.1, 0.15) is 12.2 Å². The number of carbonyl (C=O) groups excluding carboxylic acids is 1. The molecule has 1 heterocycles. The predicted octanol–water partition coefficient (Wildman–Crippen LogP) is 4.88. The van der Waals surface area contributed by atoms with Crippen molar-refractivity contribution < 1.29 is 19.0 Å². The molecule has 0 atom stereocenters. The van der Waals surface area contributed by atoms with Crippen LogP contribution in [0.3, 0.4) is 0 Å². The van der Waals surface area contributed by atoms with Crippen molar-refractivity contribution in [2.45, 2.75) is 18.0 Å². The third-order valence-corrected chi connectivity index (χ3v) is 6.19. The van der Waals surface area contributed by atoms with E-state index in [1.54, 1.807) is 50.6 Å². The first-order valence-electron chi connectivity index (χ1n) is 10.0. The van der Waals surface area contributed by atoms with Gasteiger partial charge in [0, 0.05) is 24.6 Å². The van der Waals surface area contributed by atoms with Gasteiger partial charge < -0.3 is 24.1 Å². The molecule has 0 saturated carbocycles. The fraction of sp³-hybridized carbons (Fsp3) is 0.318. The second-order valence-corrected chi connectivity index (χ2v) is 8.67. The number of thioether (sulfide) groups is 1. The summed E-state index contributed by atoms with van der Waals surface area (Å²) in [6, 6.07) is 10.3. The van der Waals surface area contributed by atoms with Crippen LogP contribution in [-0.2, 0) is 18.3 Å². The highest BCUT2D eigenvalue weighted by Gasteiger charge is 2.14. The fourth-order valence-electron chi connectivity index (χ4n) is 2.92. The molecule has 176 valence electrons. The number of amides is 1. The van der Waals surface area contributed by atoms with E-state index in [-0.39, 0.29) is 11.7 Å². The molecule has 0 aliphatic carbocycles. The summed E-state index contributed by atoms with van der Waals surface area (Å²) in [6.45, 7) is 0.474. The number of methoxy groups -OCH3 is 2. The molecule has 8 nitrogen and oxygen atoms in total. The van der Waals surface area contributed by atoms with E-state index in [0.717, 1.165) is 12.2 Å². The highest BCUT2D eigenvalue weighted by Crippen LogP contribution is 2.29. The molecule has 11 heteroatoms. The number of hydrogen-bond acceptors (Lipinski definition) is 7. The topological polar surface area (TPSA) is 87.5 Å². The maximum absolute atomic E-state index is 12.4. The van der Waals surface area contributed by atoms with Crippen LogP contribution in [0.15, 0.2) is 41.6 Å². The summed E-state index contributed by atoms with van der Waals surface area (Å²) in [4.78, 5) is 12.4. The van der Waals surface area contributed by atoms with Crippen molar-refractivity contribution in [1.82, 2.24) is 14.8 Å². The molecule has 1 aromatic heterocycles. The molecular weight excluding hydrogens is 487 g/mol. The average molecular weight is 511 g/mol. The van der Waals surface area contributed by atoms with Gasteiger partial charge in [-0.3, -0.25) is 4.79 Å². The van der Waals surface area contributed by atoms with E-state index in [4.69, 9.17) is 37.4 Å². The first-order valence-corrected chi connectivity index (χ1v) is 11.8. The largest absolute Gasteiger partial charge is 0.497 e. The molecule has 0 unspecified atom stereocenters. The van der Waals surface area contributed by atoms with Gasteiger partial charge in [-0.25, -0.2) is 0 Å². The van der Waals surface area contributed by atoms with Gasteiger partial charge in [0.2, 0.25) is 5.91 Å². The van der Waals surface area contributed by atoms with Gasteiger partial charge in [0.15, 0.2) is 5.16 Å². The first kappa shape index (κ1) is 25.0. The number of aromatic nitrogens is 3. The van der Waals surface area contributed by atoms with Gasteiger partial charge in [0.25, 0.3) is 0 Å². The highest BCUT2D eigenvalue weighted by molar-refractivity contribution is 7.99. The Bertz CT molecular complexity index is 1110. The molecule has 0 bridgehead atoms. The van der Waals surface area contributed by atoms with Crippen molar-refractivity contribution in [3.05, 3.63) is 52.3 Å². The quantitative estimate of drug-likeness (QED) is 0.290. The Morgan fingerprint density at radius 1 is 1.09 bits per heavy atom. The molecule has 33 heavy (non-hydrogen) atoms. The standard InChI is InChI=1S/C22H24Cl2N4O4S/c1-28-20(5-4-10-32-18-8-6-14(23)11-16(18)24)26-27-22(28)33-13-21(29)25-17-12-15(30-2)7-9-19(17)31-3/h6-9,11-12H,4-5,10,13H2,1-3H3,(H,25,29). The Hall–Kier alpha value is -2.62. The van der Waals surface area contributed by atoms with Gasteiger partial charge >= 0.3 is 0 Å². The van der Waals surface area contributed by atoms with Crippen LogP contribution < -0.4 is 19.5 Å². The second kappa shape index (κ2) is 12.0. The minimum atomic E-state index is -0.190. The van der Waals surface area contributed by atoms with Gasteiger partial charge in [0.1, 0.15) is 23.1 Å². The van der Waals surface area contributed by atoms with Crippen molar-refractivity contribution in [3.63, 3.8) is 0 Å². The third-order valence-electron chi connectivity index (χ3n) is 4.63. The Morgan fingerprint density at radius 3 is 2.61 bits per heavy atom. The summed E-state index contributed by atoms with van der Waals surface area (Å²) >= 11 is 13.3. The van der Waals surface area contributed by atoms with E-state index in [9.17, 15) is 4.79 Å². The van der Waals surface area contributed by atoms with E-state index in [0.29, 0.717) is 51.2 Å². The minimum absolute atomic E-state index is 0.171. The molecule has 0 radical (unpaired) electrons. The highest BCUT2D eigenvalue weighted by atomic mass is 35.5. The molecule has 1 N–H and O–H groups in total. The average Bonchev–Trinajstić information content (AvgIpc) is 3.15. The monoisotopic (exact) mass is 510 g/mol. The first-order chi connectivity index (χ1) is 15.9. The summed E-state index contributed by atoms with van der Waals surface area (Å²) in [5.74, 6) is 2.55. The van der Waals surface area contributed by atoms with Gasteiger partial charge in [-0.1, -0.05) is 35.0 Å². The van der Waals surface area contributed by atoms with Crippen LogP contribution in [-0.4, -0.2) is 47.3 Å². The molecule has 0 saturated heterocycles. The second-order valence-electron chi connectivity index (χ2n) is 6.89. The smallest absolute Gasteiger partial charge is 0.234 e.